The zero-order chi connectivity index (χ0) is 19.6. The normalized spacial score (nSPS) is 12.1. The molecule has 2 heterocycles. The topological polar surface area (TPSA) is 52.8 Å². The number of rotatable bonds is 7. The monoisotopic (exact) mass is 406 g/mol. The van der Waals surface area contributed by atoms with Crippen LogP contribution >= 0.6 is 11.6 Å². The third-order valence-electron chi connectivity index (χ3n) is 4.37. The summed E-state index contributed by atoms with van der Waals surface area (Å²) in [5, 5.41) is 5.45. The van der Waals surface area contributed by atoms with Crippen LogP contribution in [0.1, 0.15) is 12.5 Å². The van der Waals surface area contributed by atoms with E-state index in [9.17, 15) is 4.39 Å². The van der Waals surface area contributed by atoms with Gasteiger partial charge in [-0.25, -0.2) is 19.0 Å². The number of ether oxygens (including phenoxy) is 1. The molecule has 144 valence electrons. The molecule has 1 aromatic carbocycles. The lowest BCUT2D eigenvalue weighted by molar-refractivity contribution is 0.0815. The minimum Gasteiger partial charge on any atom is -0.360 e. The lowest BCUT2D eigenvalue weighted by atomic mass is 10.1. The largest absolute Gasteiger partial charge is 0.360 e. The van der Waals surface area contributed by atoms with Gasteiger partial charge in [-0.05, 0) is 35.7 Å². The van der Waals surface area contributed by atoms with Crippen LogP contribution in [-0.2, 0) is 17.9 Å². The van der Waals surface area contributed by atoms with Crippen LogP contribution in [0.15, 0.2) is 24.4 Å². The number of halogens is 2. The first-order valence-electron chi connectivity index (χ1n) is 9.04. The highest BCUT2D eigenvalue weighted by molar-refractivity contribution is 6.76. The summed E-state index contributed by atoms with van der Waals surface area (Å²) in [7, 11) is -1.19. The van der Waals surface area contributed by atoms with E-state index in [-0.39, 0.29) is 17.8 Å². The van der Waals surface area contributed by atoms with Crippen molar-refractivity contribution in [1.29, 1.82) is 0 Å². The summed E-state index contributed by atoms with van der Waals surface area (Å²) >= 11 is 6.01. The minimum atomic E-state index is -1.19. The summed E-state index contributed by atoms with van der Waals surface area (Å²) < 4.78 is 21.9. The van der Waals surface area contributed by atoms with Gasteiger partial charge in [0.1, 0.15) is 23.8 Å². The highest BCUT2D eigenvalue weighted by Crippen LogP contribution is 2.31. The Bertz CT molecular complexity index is 955. The molecule has 0 saturated carbocycles. The van der Waals surface area contributed by atoms with Crippen molar-refractivity contribution in [2.75, 3.05) is 6.61 Å². The SMILES string of the molecule is CCc1cnc(Cl)nc1-c1nn(COCC[Si](C)(C)C)c2c(F)cccc12. The van der Waals surface area contributed by atoms with Crippen LogP contribution in [-0.4, -0.2) is 34.4 Å². The molecule has 0 amide bonds. The maximum atomic E-state index is 14.6. The molecule has 3 rings (SSSR count). The molecule has 0 N–H and O–H groups in total. The van der Waals surface area contributed by atoms with Crippen molar-refractivity contribution in [1.82, 2.24) is 19.7 Å². The van der Waals surface area contributed by atoms with E-state index in [0.717, 1.165) is 18.0 Å². The Balaban J connectivity index is 2.01. The summed E-state index contributed by atoms with van der Waals surface area (Å²) in [5.41, 5.74) is 2.56. The molecule has 2 aromatic heterocycles. The van der Waals surface area contributed by atoms with Crippen molar-refractivity contribution < 1.29 is 9.13 Å². The number of fused-ring (bicyclic) bond motifs is 1. The average Bonchev–Trinajstić information content (AvgIpc) is 2.98. The van der Waals surface area contributed by atoms with E-state index in [2.05, 4.69) is 34.7 Å². The first-order valence-corrected chi connectivity index (χ1v) is 13.1. The van der Waals surface area contributed by atoms with Gasteiger partial charge < -0.3 is 4.74 Å². The van der Waals surface area contributed by atoms with E-state index in [1.54, 1.807) is 16.9 Å². The Morgan fingerprint density at radius 2 is 2.00 bits per heavy atom. The van der Waals surface area contributed by atoms with Gasteiger partial charge in [0.15, 0.2) is 0 Å². The summed E-state index contributed by atoms with van der Waals surface area (Å²) in [5.74, 6) is -0.335. The quantitative estimate of drug-likeness (QED) is 0.309. The molecule has 0 bridgehead atoms. The fraction of sp³-hybridized carbons (Fsp3) is 0.421. The van der Waals surface area contributed by atoms with Crippen molar-refractivity contribution in [3.8, 4) is 11.4 Å². The summed E-state index contributed by atoms with van der Waals surface area (Å²) in [6.45, 7) is 9.73. The van der Waals surface area contributed by atoms with Gasteiger partial charge in [0.2, 0.25) is 5.28 Å². The van der Waals surface area contributed by atoms with Gasteiger partial charge in [-0.15, -0.1) is 0 Å². The van der Waals surface area contributed by atoms with Crippen molar-refractivity contribution in [3.05, 3.63) is 41.1 Å². The Hall–Kier alpha value is -1.83. The lowest BCUT2D eigenvalue weighted by Gasteiger charge is -2.15. The van der Waals surface area contributed by atoms with E-state index in [0.29, 0.717) is 28.9 Å². The number of nitrogens with zero attached hydrogens (tertiary/aromatic N) is 4. The van der Waals surface area contributed by atoms with Crippen LogP contribution in [0.4, 0.5) is 4.39 Å². The van der Waals surface area contributed by atoms with Crippen LogP contribution in [0.5, 0.6) is 0 Å². The van der Waals surface area contributed by atoms with Crippen molar-refractivity contribution >= 4 is 30.6 Å². The Kier molecular flexibility index (Phi) is 5.93. The summed E-state index contributed by atoms with van der Waals surface area (Å²) in [4.78, 5) is 8.41. The maximum absolute atomic E-state index is 14.6. The molecule has 0 aliphatic rings. The fourth-order valence-corrected chi connectivity index (χ4v) is 3.73. The molecule has 0 aliphatic carbocycles. The number of aromatic nitrogens is 4. The van der Waals surface area contributed by atoms with Crippen molar-refractivity contribution in [2.24, 2.45) is 0 Å². The average molecular weight is 407 g/mol. The molecule has 0 fully saturated rings. The predicted molar refractivity (Wildman–Crippen MR) is 109 cm³/mol. The van der Waals surface area contributed by atoms with Crippen molar-refractivity contribution in [3.63, 3.8) is 0 Å². The molecular formula is C19H24ClFN4OSi. The van der Waals surface area contributed by atoms with E-state index < -0.39 is 8.07 Å². The molecule has 0 unspecified atom stereocenters. The first-order chi connectivity index (χ1) is 12.8. The number of aryl methyl sites for hydroxylation is 1. The molecule has 27 heavy (non-hydrogen) atoms. The second kappa shape index (κ2) is 8.04. The second-order valence-corrected chi connectivity index (χ2v) is 13.7. The highest BCUT2D eigenvalue weighted by atomic mass is 35.5. The summed E-state index contributed by atoms with van der Waals surface area (Å²) in [6, 6.07) is 5.99. The Labute approximate surface area is 164 Å². The van der Waals surface area contributed by atoms with Crippen LogP contribution in [0.25, 0.3) is 22.3 Å². The van der Waals surface area contributed by atoms with Crippen LogP contribution in [0.2, 0.25) is 31.0 Å². The molecule has 0 aliphatic heterocycles. The van der Waals surface area contributed by atoms with Gasteiger partial charge in [-0.3, -0.25) is 0 Å². The fourth-order valence-electron chi connectivity index (χ4n) is 2.84. The third kappa shape index (κ3) is 4.54. The van der Waals surface area contributed by atoms with Crippen LogP contribution in [0.3, 0.4) is 0 Å². The van der Waals surface area contributed by atoms with E-state index in [1.807, 2.05) is 13.0 Å². The molecular weight excluding hydrogens is 383 g/mol. The van der Waals surface area contributed by atoms with Crippen LogP contribution < -0.4 is 0 Å². The summed E-state index contributed by atoms with van der Waals surface area (Å²) in [6.07, 6.45) is 2.42. The molecule has 0 radical (unpaired) electrons. The van der Waals surface area contributed by atoms with Gasteiger partial charge in [0.05, 0.1) is 5.69 Å². The highest BCUT2D eigenvalue weighted by Gasteiger charge is 2.20. The zero-order valence-electron chi connectivity index (χ0n) is 16.1. The molecule has 0 atom stereocenters. The number of hydrogen-bond acceptors (Lipinski definition) is 4. The predicted octanol–water partition coefficient (Wildman–Crippen LogP) is 5.16. The van der Waals surface area contributed by atoms with Gasteiger partial charge in [-0.1, -0.05) is 38.7 Å². The Morgan fingerprint density at radius 1 is 1.22 bits per heavy atom. The van der Waals surface area contributed by atoms with E-state index >= 15 is 0 Å². The van der Waals surface area contributed by atoms with Crippen molar-refractivity contribution in [2.45, 2.75) is 45.8 Å². The minimum absolute atomic E-state index is 0.146. The van der Waals surface area contributed by atoms with Gasteiger partial charge in [-0.2, -0.15) is 5.10 Å². The molecule has 8 heteroatoms. The van der Waals surface area contributed by atoms with Gasteiger partial charge in [0, 0.05) is 26.3 Å². The van der Waals surface area contributed by atoms with E-state index in [4.69, 9.17) is 16.3 Å². The third-order valence-corrected chi connectivity index (χ3v) is 6.26. The Morgan fingerprint density at radius 3 is 2.70 bits per heavy atom. The smallest absolute Gasteiger partial charge is 0.222 e. The molecule has 0 saturated heterocycles. The number of para-hydroxylation sites is 1. The molecule has 3 aromatic rings. The molecule has 5 nitrogen and oxygen atoms in total. The number of benzene rings is 1. The second-order valence-electron chi connectivity index (χ2n) is 7.70. The lowest BCUT2D eigenvalue weighted by Crippen LogP contribution is -2.22. The van der Waals surface area contributed by atoms with E-state index in [1.165, 1.54) is 6.07 Å². The maximum Gasteiger partial charge on any atom is 0.222 e. The van der Waals surface area contributed by atoms with Gasteiger partial charge in [0.25, 0.3) is 0 Å². The standard InChI is InChI=1S/C19H24ClFN4OSi/c1-5-13-11-22-19(20)23-16(13)17-14-7-6-8-15(21)18(14)25(24-17)12-26-9-10-27(2,3)4/h6-8,11H,5,9-10,12H2,1-4H3. The van der Waals surface area contributed by atoms with Crippen LogP contribution in [0, 0.1) is 5.82 Å². The zero-order valence-corrected chi connectivity index (χ0v) is 17.8. The molecule has 0 spiro atoms. The van der Waals surface area contributed by atoms with Gasteiger partial charge >= 0.3 is 0 Å². The first kappa shape index (κ1) is 19.9. The number of hydrogen-bond donors (Lipinski definition) is 0.